The molecule has 1 amide bonds. The van der Waals surface area contributed by atoms with E-state index in [9.17, 15) is 9.18 Å². The Balaban J connectivity index is 1.12. The maximum Gasteiger partial charge on any atom is 0.255 e. The Bertz CT molecular complexity index is 1650. The van der Waals surface area contributed by atoms with Crippen LogP contribution in [0.25, 0.3) is 26.4 Å². The number of alkyl halides is 1. The van der Waals surface area contributed by atoms with Crippen LogP contribution in [0.4, 0.5) is 8.78 Å². The van der Waals surface area contributed by atoms with Crippen molar-refractivity contribution in [3.8, 4) is 17.0 Å². The number of imidazole rings is 1. The number of carbonyl (C=O) groups is 1. The Kier molecular flexibility index (Phi) is 8.30. The first-order chi connectivity index (χ1) is 21.3. The first-order valence-corrected chi connectivity index (χ1v) is 16.4. The molecule has 0 radical (unpaired) electrons. The molecule has 0 spiro atoms. The fourth-order valence-corrected chi connectivity index (χ4v) is 7.27. The maximum absolute atomic E-state index is 15.2. The largest absolute Gasteiger partial charge is 0.492 e. The minimum atomic E-state index is -0.691. The highest BCUT2D eigenvalue weighted by molar-refractivity contribution is 7.23. The molecule has 234 valence electrons. The number of likely N-dealkylation sites (tertiary alicyclic amines) is 1. The normalized spacial score (nSPS) is 20.8. The zero-order chi connectivity index (χ0) is 30.3. The second kappa shape index (κ2) is 12.3. The number of hydrogen-bond donors (Lipinski definition) is 1. The topological polar surface area (TPSA) is 77.3 Å². The molecule has 11 heteroatoms. The molecule has 4 aromatic rings. The molecule has 3 fully saturated rings. The van der Waals surface area contributed by atoms with Gasteiger partial charge >= 0.3 is 0 Å². The number of ether oxygens (including phenoxy) is 3. The van der Waals surface area contributed by atoms with Crippen LogP contribution in [0.2, 0.25) is 0 Å². The van der Waals surface area contributed by atoms with Crippen molar-refractivity contribution in [2.75, 3.05) is 52.6 Å². The number of amides is 1. The van der Waals surface area contributed by atoms with Gasteiger partial charge in [-0.2, -0.15) is 0 Å². The van der Waals surface area contributed by atoms with Gasteiger partial charge in [-0.15, -0.1) is 0 Å². The zero-order valence-corrected chi connectivity index (χ0v) is 25.8. The Morgan fingerprint density at radius 1 is 1.20 bits per heavy atom. The van der Waals surface area contributed by atoms with E-state index in [0.29, 0.717) is 73.3 Å². The molecule has 8 nitrogen and oxygen atoms in total. The Morgan fingerprint density at radius 3 is 2.77 bits per heavy atom. The summed E-state index contributed by atoms with van der Waals surface area (Å²) in [6.45, 7) is 7.34. The molecule has 3 aliphatic rings. The first kappa shape index (κ1) is 29.6. The average molecular weight is 625 g/mol. The minimum Gasteiger partial charge on any atom is -0.492 e. The highest BCUT2D eigenvalue weighted by atomic mass is 32.1. The van der Waals surface area contributed by atoms with Gasteiger partial charge in [0, 0.05) is 49.5 Å². The molecule has 3 saturated heterocycles. The van der Waals surface area contributed by atoms with Gasteiger partial charge in [-0.3, -0.25) is 9.20 Å². The van der Waals surface area contributed by atoms with Gasteiger partial charge in [0.15, 0.2) is 4.96 Å². The van der Waals surface area contributed by atoms with E-state index in [-0.39, 0.29) is 23.2 Å². The summed E-state index contributed by atoms with van der Waals surface area (Å²) in [6.07, 6.45) is 4.95. The van der Waals surface area contributed by atoms with Crippen LogP contribution < -0.4 is 10.1 Å². The number of carbonyl (C=O) groups excluding carboxylic acids is 1. The second-order valence-electron chi connectivity index (χ2n) is 12.7. The van der Waals surface area contributed by atoms with Gasteiger partial charge in [-0.1, -0.05) is 24.3 Å². The van der Waals surface area contributed by atoms with Crippen LogP contribution in [0.1, 0.15) is 61.1 Å². The standard InChI is InChI=1S/C33H38F2N4O4S/c1-33(18-41-19-33)20-43-29-16-27-30(15-24(29)31(40)36-9-3-10-38-11-7-22(34)8-12-38)44-32-37-26(17-39(27)32)23-6-5-21(14-25(23)35)28-4-2-13-42-28/h5-6,14-17,22,28H,2-4,7-13,18-20H2,1H3,(H,36,40)/t28-/m1/s1. The number of nitrogens with one attached hydrogen (secondary N) is 1. The van der Waals surface area contributed by atoms with Crippen LogP contribution in [0, 0.1) is 11.2 Å². The van der Waals surface area contributed by atoms with Crippen LogP contribution in [0.5, 0.6) is 5.75 Å². The lowest BCUT2D eigenvalue weighted by atomic mass is 9.90. The van der Waals surface area contributed by atoms with Gasteiger partial charge < -0.3 is 24.4 Å². The first-order valence-electron chi connectivity index (χ1n) is 15.6. The molecular formula is C33H38F2N4O4S. The fourth-order valence-electron chi connectivity index (χ4n) is 6.24. The van der Waals surface area contributed by atoms with Crippen molar-refractivity contribution in [2.24, 2.45) is 5.41 Å². The predicted molar refractivity (Wildman–Crippen MR) is 166 cm³/mol. The fraction of sp³-hybridized carbons (Fsp3) is 0.515. The van der Waals surface area contributed by atoms with E-state index in [0.717, 1.165) is 54.7 Å². The molecule has 5 heterocycles. The van der Waals surface area contributed by atoms with Crippen LogP contribution in [-0.4, -0.2) is 79.0 Å². The molecule has 1 N–H and O–H groups in total. The molecule has 2 aromatic heterocycles. The van der Waals surface area contributed by atoms with Gasteiger partial charge in [-0.25, -0.2) is 13.8 Å². The highest BCUT2D eigenvalue weighted by Crippen LogP contribution is 2.37. The number of aromatic nitrogens is 2. The summed E-state index contributed by atoms with van der Waals surface area (Å²) < 4.78 is 48.9. The molecule has 3 aliphatic heterocycles. The summed E-state index contributed by atoms with van der Waals surface area (Å²) in [5.41, 5.74) is 3.06. The SMILES string of the molecule is CC1(COc2cc3c(cc2C(=O)NCCCN2CCC(F)CC2)sc2nc(-c4ccc([C@H]5CCCO5)cc4F)cn23)COC1. The summed E-state index contributed by atoms with van der Waals surface area (Å²) in [5.74, 6) is -0.0198. The van der Waals surface area contributed by atoms with Crippen molar-refractivity contribution >= 4 is 32.4 Å². The summed E-state index contributed by atoms with van der Waals surface area (Å²) in [7, 11) is 0. The number of nitrogens with zero attached hydrogens (tertiary/aromatic N) is 3. The van der Waals surface area contributed by atoms with E-state index >= 15 is 4.39 Å². The number of thiazole rings is 1. The van der Waals surface area contributed by atoms with E-state index in [1.54, 1.807) is 12.1 Å². The molecule has 0 bridgehead atoms. The van der Waals surface area contributed by atoms with Crippen molar-refractivity contribution in [1.82, 2.24) is 19.6 Å². The third kappa shape index (κ3) is 6.07. The van der Waals surface area contributed by atoms with E-state index in [4.69, 9.17) is 19.2 Å². The predicted octanol–water partition coefficient (Wildman–Crippen LogP) is 6.18. The van der Waals surface area contributed by atoms with E-state index < -0.39 is 6.17 Å². The zero-order valence-electron chi connectivity index (χ0n) is 25.0. The summed E-state index contributed by atoms with van der Waals surface area (Å²) in [4.78, 5) is 21.1. The van der Waals surface area contributed by atoms with Crippen LogP contribution in [0.15, 0.2) is 36.5 Å². The Morgan fingerprint density at radius 2 is 2.05 bits per heavy atom. The lowest BCUT2D eigenvalue weighted by Crippen LogP contribution is -2.44. The van der Waals surface area contributed by atoms with Crippen LogP contribution in [-0.2, 0) is 9.47 Å². The molecular weight excluding hydrogens is 586 g/mol. The van der Waals surface area contributed by atoms with E-state index in [2.05, 4.69) is 17.1 Å². The van der Waals surface area contributed by atoms with Gasteiger partial charge in [0.2, 0.25) is 0 Å². The lowest BCUT2D eigenvalue weighted by molar-refractivity contribution is -0.120. The summed E-state index contributed by atoms with van der Waals surface area (Å²) in [6, 6.07) is 9.02. The van der Waals surface area contributed by atoms with Crippen LogP contribution >= 0.6 is 11.3 Å². The van der Waals surface area contributed by atoms with E-state index in [1.165, 1.54) is 11.3 Å². The van der Waals surface area contributed by atoms with Crippen molar-refractivity contribution in [1.29, 1.82) is 0 Å². The van der Waals surface area contributed by atoms with Crippen molar-refractivity contribution in [3.63, 3.8) is 0 Å². The summed E-state index contributed by atoms with van der Waals surface area (Å²) in [5, 5.41) is 3.05. The molecule has 7 rings (SSSR count). The van der Waals surface area contributed by atoms with Crippen molar-refractivity contribution < 1.29 is 27.8 Å². The number of rotatable bonds is 10. The highest BCUT2D eigenvalue weighted by Gasteiger charge is 2.35. The number of halogens is 2. The monoisotopic (exact) mass is 624 g/mol. The Hall–Kier alpha value is -3.12. The molecule has 2 aromatic carbocycles. The molecule has 0 saturated carbocycles. The molecule has 1 atom stereocenters. The molecule has 0 aliphatic carbocycles. The van der Waals surface area contributed by atoms with Crippen molar-refractivity contribution in [3.05, 3.63) is 53.5 Å². The lowest BCUT2D eigenvalue weighted by Gasteiger charge is -2.37. The third-order valence-electron chi connectivity index (χ3n) is 8.94. The number of piperidine rings is 1. The molecule has 0 unspecified atom stereocenters. The average Bonchev–Trinajstić information content (AvgIpc) is 3.75. The van der Waals surface area contributed by atoms with Gasteiger partial charge in [0.25, 0.3) is 5.91 Å². The van der Waals surface area contributed by atoms with Gasteiger partial charge in [0.1, 0.15) is 17.7 Å². The number of benzene rings is 2. The molecule has 44 heavy (non-hydrogen) atoms. The second-order valence-corrected chi connectivity index (χ2v) is 13.7. The van der Waals surface area contributed by atoms with Gasteiger partial charge in [0.05, 0.1) is 47.4 Å². The van der Waals surface area contributed by atoms with E-state index in [1.807, 2.05) is 28.8 Å². The van der Waals surface area contributed by atoms with Crippen molar-refractivity contribution in [2.45, 2.75) is 51.3 Å². The third-order valence-corrected chi connectivity index (χ3v) is 9.96. The Labute approximate surface area is 259 Å². The number of hydrogen-bond acceptors (Lipinski definition) is 7. The smallest absolute Gasteiger partial charge is 0.255 e. The van der Waals surface area contributed by atoms with Gasteiger partial charge in [-0.05, 0) is 62.4 Å². The maximum atomic E-state index is 15.2. The quantitative estimate of drug-likeness (QED) is 0.213. The summed E-state index contributed by atoms with van der Waals surface area (Å²) >= 11 is 1.45. The minimum absolute atomic E-state index is 0.0493. The van der Waals surface area contributed by atoms with Crippen LogP contribution in [0.3, 0.4) is 0 Å². The number of fused-ring (bicyclic) bond motifs is 3.